The third-order valence-electron chi connectivity index (χ3n) is 2.97. The van der Waals surface area contributed by atoms with Crippen LogP contribution in [0.1, 0.15) is 26.3 Å². The number of halogens is 1. The number of hydrogen-bond acceptors (Lipinski definition) is 1. The van der Waals surface area contributed by atoms with Gasteiger partial charge < -0.3 is 5.11 Å². The van der Waals surface area contributed by atoms with Crippen molar-refractivity contribution < 1.29 is 9.50 Å². The monoisotopic (exact) mass is 258 g/mol. The van der Waals surface area contributed by atoms with Gasteiger partial charge in [0.2, 0.25) is 0 Å². The van der Waals surface area contributed by atoms with E-state index in [2.05, 4.69) is 20.8 Å². The summed E-state index contributed by atoms with van der Waals surface area (Å²) in [6.07, 6.45) is 0.599. The molecule has 0 radical (unpaired) electrons. The first-order chi connectivity index (χ1) is 8.87. The minimum absolute atomic E-state index is 0.0124. The van der Waals surface area contributed by atoms with Crippen LogP contribution in [-0.2, 0) is 6.42 Å². The molecule has 0 fully saturated rings. The number of aromatic hydroxyl groups is 1. The van der Waals surface area contributed by atoms with Crippen LogP contribution < -0.4 is 0 Å². The second-order valence-electron chi connectivity index (χ2n) is 6.06. The molecule has 0 saturated heterocycles. The Morgan fingerprint density at radius 2 is 1.68 bits per heavy atom. The maximum absolute atomic E-state index is 14.1. The average Bonchev–Trinajstić information content (AvgIpc) is 2.33. The fraction of sp³-hybridized carbons (Fsp3) is 0.294. The van der Waals surface area contributed by atoms with Crippen LogP contribution in [-0.4, -0.2) is 5.11 Å². The normalized spacial score (nSPS) is 11.6. The SMILES string of the molecule is CC(C)(C)Cc1cc(O)c(-c2ccccc2)cc1F. The zero-order chi connectivity index (χ0) is 14.0. The van der Waals surface area contributed by atoms with Gasteiger partial charge in [-0.3, -0.25) is 0 Å². The number of benzene rings is 2. The van der Waals surface area contributed by atoms with E-state index in [1.807, 2.05) is 30.3 Å². The average molecular weight is 258 g/mol. The summed E-state index contributed by atoms with van der Waals surface area (Å²) in [7, 11) is 0. The lowest BCUT2D eigenvalue weighted by molar-refractivity contribution is 0.399. The topological polar surface area (TPSA) is 20.2 Å². The fourth-order valence-corrected chi connectivity index (χ4v) is 2.16. The zero-order valence-corrected chi connectivity index (χ0v) is 11.6. The molecule has 19 heavy (non-hydrogen) atoms. The second-order valence-corrected chi connectivity index (χ2v) is 6.06. The molecule has 2 aromatic rings. The molecule has 2 heteroatoms. The number of hydrogen-bond donors (Lipinski definition) is 1. The van der Waals surface area contributed by atoms with E-state index in [1.54, 1.807) is 6.07 Å². The molecule has 0 saturated carbocycles. The largest absolute Gasteiger partial charge is 0.507 e. The maximum atomic E-state index is 14.1. The molecular weight excluding hydrogens is 239 g/mol. The number of phenols is 1. The summed E-state index contributed by atoms with van der Waals surface area (Å²) in [5.74, 6) is -0.126. The first kappa shape index (κ1) is 13.6. The first-order valence-electron chi connectivity index (χ1n) is 6.44. The predicted octanol–water partition coefficient (Wildman–Crippen LogP) is 4.79. The lowest BCUT2D eigenvalue weighted by Gasteiger charge is -2.19. The van der Waals surface area contributed by atoms with E-state index in [0.29, 0.717) is 17.5 Å². The van der Waals surface area contributed by atoms with Gasteiger partial charge in [-0.15, -0.1) is 0 Å². The van der Waals surface area contributed by atoms with Gasteiger partial charge in [-0.05, 0) is 35.1 Å². The number of rotatable bonds is 2. The molecule has 0 heterocycles. The Bertz CT molecular complexity index is 568. The third-order valence-corrected chi connectivity index (χ3v) is 2.97. The van der Waals surface area contributed by atoms with Crippen LogP contribution in [0.5, 0.6) is 5.75 Å². The molecule has 0 spiro atoms. The van der Waals surface area contributed by atoms with Gasteiger partial charge in [-0.2, -0.15) is 0 Å². The molecule has 0 aliphatic rings. The van der Waals surface area contributed by atoms with Crippen molar-refractivity contribution in [3.05, 3.63) is 53.8 Å². The molecule has 0 bridgehead atoms. The highest BCUT2D eigenvalue weighted by Gasteiger charge is 2.17. The van der Waals surface area contributed by atoms with Crippen LogP contribution in [0.25, 0.3) is 11.1 Å². The summed E-state index contributed by atoms with van der Waals surface area (Å²) >= 11 is 0. The van der Waals surface area contributed by atoms with Crippen molar-refractivity contribution >= 4 is 0 Å². The molecule has 0 aliphatic carbocycles. The summed E-state index contributed by atoms with van der Waals surface area (Å²) < 4.78 is 14.1. The highest BCUT2D eigenvalue weighted by atomic mass is 19.1. The van der Waals surface area contributed by atoms with Crippen LogP contribution in [0, 0.1) is 11.2 Å². The van der Waals surface area contributed by atoms with E-state index >= 15 is 0 Å². The molecule has 0 amide bonds. The predicted molar refractivity (Wildman–Crippen MR) is 76.7 cm³/mol. The fourth-order valence-electron chi connectivity index (χ4n) is 2.16. The molecule has 2 rings (SSSR count). The molecule has 1 nitrogen and oxygen atoms in total. The second kappa shape index (κ2) is 5.04. The third kappa shape index (κ3) is 3.34. The summed E-state index contributed by atoms with van der Waals surface area (Å²) in [5.41, 5.74) is 1.91. The Balaban J connectivity index is 2.43. The quantitative estimate of drug-likeness (QED) is 0.821. The van der Waals surface area contributed by atoms with Crippen LogP contribution in [0.2, 0.25) is 0 Å². The molecule has 0 atom stereocenters. The molecule has 0 unspecified atom stereocenters. The lowest BCUT2D eigenvalue weighted by Crippen LogP contribution is -2.10. The summed E-state index contributed by atoms with van der Waals surface area (Å²) in [4.78, 5) is 0. The Kier molecular flexibility index (Phi) is 3.61. The van der Waals surface area contributed by atoms with Gasteiger partial charge in [0.1, 0.15) is 11.6 Å². The summed E-state index contributed by atoms with van der Waals surface area (Å²) in [6.45, 7) is 6.15. The highest BCUT2D eigenvalue weighted by Crippen LogP contribution is 2.33. The van der Waals surface area contributed by atoms with Crippen molar-refractivity contribution in [1.82, 2.24) is 0 Å². The van der Waals surface area contributed by atoms with E-state index < -0.39 is 0 Å². The summed E-state index contributed by atoms with van der Waals surface area (Å²) in [6, 6.07) is 12.3. The molecule has 100 valence electrons. The van der Waals surface area contributed by atoms with E-state index in [1.165, 1.54) is 6.07 Å². The van der Waals surface area contributed by atoms with Crippen LogP contribution in [0.15, 0.2) is 42.5 Å². The molecule has 0 aromatic heterocycles. The molecule has 2 aromatic carbocycles. The van der Waals surface area contributed by atoms with E-state index in [0.717, 1.165) is 5.56 Å². The van der Waals surface area contributed by atoms with Crippen molar-refractivity contribution in [2.24, 2.45) is 5.41 Å². The Hall–Kier alpha value is -1.83. The number of phenolic OH excluding ortho intramolecular Hbond substituents is 1. The van der Waals surface area contributed by atoms with Crippen LogP contribution in [0.3, 0.4) is 0 Å². The van der Waals surface area contributed by atoms with Gasteiger partial charge in [0, 0.05) is 5.56 Å². The lowest BCUT2D eigenvalue weighted by atomic mass is 9.87. The highest BCUT2D eigenvalue weighted by molar-refractivity contribution is 5.70. The van der Waals surface area contributed by atoms with Crippen molar-refractivity contribution in [3.8, 4) is 16.9 Å². The van der Waals surface area contributed by atoms with Gasteiger partial charge in [0.05, 0.1) is 0 Å². The van der Waals surface area contributed by atoms with Crippen molar-refractivity contribution in [2.75, 3.05) is 0 Å². The first-order valence-corrected chi connectivity index (χ1v) is 6.44. The van der Waals surface area contributed by atoms with Gasteiger partial charge >= 0.3 is 0 Å². The van der Waals surface area contributed by atoms with Gasteiger partial charge in [0.25, 0.3) is 0 Å². The smallest absolute Gasteiger partial charge is 0.127 e. The van der Waals surface area contributed by atoms with E-state index in [4.69, 9.17) is 0 Å². The van der Waals surface area contributed by atoms with Crippen molar-refractivity contribution in [2.45, 2.75) is 27.2 Å². The van der Waals surface area contributed by atoms with Crippen LogP contribution in [0.4, 0.5) is 4.39 Å². The van der Waals surface area contributed by atoms with Gasteiger partial charge in [-0.25, -0.2) is 4.39 Å². The van der Waals surface area contributed by atoms with Crippen molar-refractivity contribution in [3.63, 3.8) is 0 Å². The Morgan fingerprint density at radius 3 is 2.26 bits per heavy atom. The summed E-state index contributed by atoms with van der Waals surface area (Å²) in [5, 5.41) is 10.1. The molecule has 1 N–H and O–H groups in total. The zero-order valence-electron chi connectivity index (χ0n) is 11.6. The molecule has 0 aliphatic heterocycles. The minimum atomic E-state index is -0.258. The molecular formula is C17H19FO. The van der Waals surface area contributed by atoms with Crippen molar-refractivity contribution in [1.29, 1.82) is 0 Å². The maximum Gasteiger partial charge on any atom is 0.127 e. The van der Waals surface area contributed by atoms with E-state index in [9.17, 15) is 9.50 Å². The Labute approximate surface area is 113 Å². The van der Waals surface area contributed by atoms with E-state index in [-0.39, 0.29) is 17.0 Å². The van der Waals surface area contributed by atoms with Gasteiger partial charge in [-0.1, -0.05) is 51.1 Å². The standard InChI is InChI=1S/C17H19FO/c1-17(2,3)11-13-9-16(19)14(10-15(13)18)12-7-5-4-6-8-12/h4-10,19H,11H2,1-3H3. The van der Waals surface area contributed by atoms with Gasteiger partial charge in [0.15, 0.2) is 0 Å². The van der Waals surface area contributed by atoms with Crippen LogP contribution >= 0.6 is 0 Å². The minimum Gasteiger partial charge on any atom is -0.507 e. The Morgan fingerprint density at radius 1 is 1.05 bits per heavy atom.